The topological polar surface area (TPSA) is 59.5 Å². The van der Waals surface area contributed by atoms with Crippen LogP contribution in [0.5, 0.6) is 5.88 Å². The van der Waals surface area contributed by atoms with E-state index < -0.39 is 10.0 Å². The maximum atomic E-state index is 12.7. The quantitative estimate of drug-likeness (QED) is 0.796. The summed E-state index contributed by atoms with van der Waals surface area (Å²) in [4.78, 5) is 4.48. The highest BCUT2D eigenvalue weighted by molar-refractivity contribution is 9.10. The smallest absolute Gasteiger partial charge is 0.243 e. The lowest BCUT2D eigenvalue weighted by Gasteiger charge is -2.17. The van der Waals surface area contributed by atoms with Crippen molar-refractivity contribution in [3.63, 3.8) is 0 Å². The highest BCUT2D eigenvalue weighted by Crippen LogP contribution is 2.27. The number of hydrogen-bond donors (Lipinski definition) is 0. The largest absolute Gasteiger partial charge is 0.472 e. The second kappa shape index (κ2) is 6.59. The maximum Gasteiger partial charge on any atom is 0.243 e. The molecule has 3 rings (SSSR count). The minimum atomic E-state index is -3.47. The van der Waals surface area contributed by atoms with Crippen LogP contribution in [-0.4, -0.2) is 36.9 Å². The van der Waals surface area contributed by atoms with Gasteiger partial charge in [-0.25, -0.2) is 13.4 Å². The zero-order chi connectivity index (χ0) is 16.4. The Bertz CT molecular complexity index is 793. The Kier molecular flexibility index (Phi) is 4.70. The van der Waals surface area contributed by atoms with Crippen LogP contribution in [0.2, 0.25) is 0 Å². The Labute approximate surface area is 144 Å². The Morgan fingerprint density at radius 1 is 1.26 bits per heavy atom. The minimum Gasteiger partial charge on any atom is -0.472 e. The summed E-state index contributed by atoms with van der Waals surface area (Å²) in [5, 5.41) is 0. The van der Waals surface area contributed by atoms with E-state index in [9.17, 15) is 8.42 Å². The van der Waals surface area contributed by atoms with Gasteiger partial charge in [-0.3, -0.25) is 0 Å². The van der Waals surface area contributed by atoms with Crippen molar-refractivity contribution in [2.45, 2.75) is 24.3 Å². The third-order valence-electron chi connectivity index (χ3n) is 3.77. The van der Waals surface area contributed by atoms with E-state index in [1.54, 1.807) is 24.4 Å². The normalized spacial score (nSPS) is 19.0. The predicted octanol–water partition coefficient (Wildman–Crippen LogP) is 2.99. The van der Waals surface area contributed by atoms with Crippen LogP contribution in [0.25, 0.3) is 0 Å². The van der Waals surface area contributed by atoms with E-state index in [1.807, 2.05) is 25.1 Å². The van der Waals surface area contributed by atoms with Gasteiger partial charge >= 0.3 is 0 Å². The molecule has 2 heterocycles. The first-order chi connectivity index (χ1) is 11.0. The molecule has 7 heteroatoms. The Morgan fingerprint density at radius 3 is 2.70 bits per heavy atom. The zero-order valence-corrected chi connectivity index (χ0v) is 15.0. The highest BCUT2D eigenvalue weighted by atomic mass is 79.9. The molecule has 122 valence electrons. The van der Waals surface area contributed by atoms with Gasteiger partial charge in [0.25, 0.3) is 0 Å². The molecule has 23 heavy (non-hydrogen) atoms. The van der Waals surface area contributed by atoms with Crippen LogP contribution < -0.4 is 4.74 Å². The number of aryl methyl sites for hydroxylation is 1. The number of pyridine rings is 1. The van der Waals surface area contributed by atoms with E-state index in [1.165, 1.54) is 4.31 Å². The van der Waals surface area contributed by atoms with Gasteiger partial charge in [0, 0.05) is 12.7 Å². The van der Waals surface area contributed by atoms with Gasteiger partial charge in [0.05, 0.1) is 15.9 Å². The summed E-state index contributed by atoms with van der Waals surface area (Å²) >= 11 is 3.38. The molecule has 1 aromatic heterocycles. The van der Waals surface area contributed by atoms with E-state index >= 15 is 0 Å². The monoisotopic (exact) mass is 396 g/mol. The first kappa shape index (κ1) is 16.4. The average molecular weight is 397 g/mol. The second-order valence-electron chi connectivity index (χ2n) is 5.50. The molecule has 1 saturated heterocycles. The highest BCUT2D eigenvalue weighted by Gasteiger charge is 2.34. The Balaban J connectivity index is 1.72. The van der Waals surface area contributed by atoms with Crippen LogP contribution in [0.3, 0.4) is 0 Å². The molecule has 0 saturated carbocycles. The number of rotatable bonds is 4. The van der Waals surface area contributed by atoms with Gasteiger partial charge in [-0.1, -0.05) is 17.7 Å². The van der Waals surface area contributed by atoms with Crippen LogP contribution in [0.15, 0.2) is 52.0 Å². The fraction of sp³-hybridized carbons (Fsp3) is 0.312. The van der Waals surface area contributed by atoms with E-state index in [0.29, 0.717) is 30.3 Å². The first-order valence-electron chi connectivity index (χ1n) is 7.31. The lowest BCUT2D eigenvalue weighted by atomic mass is 10.2. The lowest BCUT2D eigenvalue weighted by Crippen LogP contribution is -2.31. The van der Waals surface area contributed by atoms with Crippen molar-refractivity contribution in [1.29, 1.82) is 0 Å². The third-order valence-corrected chi connectivity index (χ3v) is 6.25. The fourth-order valence-corrected chi connectivity index (χ4v) is 4.32. The Hall–Kier alpha value is -1.44. The molecular formula is C16H17BrN2O3S. The molecule has 0 spiro atoms. The summed E-state index contributed by atoms with van der Waals surface area (Å²) in [6, 6.07) is 10.6. The molecule has 1 atom stereocenters. The van der Waals surface area contributed by atoms with Crippen molar-refractivity contribution in [3.05, 3.63) is 52.6 Å². The third kappa shape index (κ3) is 3.57. The van der Waals surface area contributed by atoms with Gasteiger partial charge in [-0.05, 0) is 53.5 Å². The van der Waals surface area contributed by atoms with Crippen LogP contribution in [0.1, 0.15) is 12.0 Å². The van der Waals surface area contributed by atoms with E-state index in [2.05, 4.69) is 20.9 Å². The number of halogens is 1. The van der Waals surface area contributed by atoms with E-state index in [0.717, 1.165) is 10.0 Å². The number of hydrogen-bond acceptors (Lipinski definition) is 4. The summed E-state index contributed by atoms with van der Waals surface area (Å²) in [6.07, 6.45) is 2.10. The number of aromatic nitrogens is 1. The SMILES string of the molecule is Cc1ccc(S(=O)(=O)N2CCC(Oc3ncccc3Br)C2)cc1. The van der Waals surface area contributed by atoms with Crippen molar-refractivity contribution in [2.24, 2.45) is 0 Å². The minimum absolute atomic E-state index is 0.193. The summed E-state index contributed by atoms with van der Waals surface area (Å²) in [5.74, 6) is 0.493. The van der Waals surface area contributed by atoms with Crippen molar-refractivity contribution in [2.75, 3.05) is 13.1 Å². The van der Waals surface area contributed by atoms with Crippen molar-refractivity contribution in [3.8, 4) is 5.88 Å². The number of nitrogens with zero attached hydrogens (tertiary/aromatic N) is 2. The number of sulfonamides is 1. The molecule has 5 nitrogen and oxygen atoms in total. The number of ether oxygens (including phenoxy) is 1. The molecule has 1 fully saturated rings. The molecular weight excluding hydrogens is 380 g/mol. The molecule has 2 aromatic rings. The van der Waals surface area contributed by atoms with Crippen molar-refractivity contribution < 1.29 is 13.2 Å². The summed E-state index contributed by atoms with van der Waals surface area (Å²) < 4.78 is 33.4. The molecule has 1 aliphatic heterocycles. The molecule has 0 bridgehead atoms. The molecule has 0 radical (unpaired) electrons. The predicted molar refractivity (Wildman–Crippen MR) is 90.9 cm³/mol. The zero-order valence-electron chi connectivity index (χ0n) is 12.6. The second-order valence-corrected chi connectivity index (χ2v) is 8.29. The average Bonchev–Trinajstić information content (AvgIpc) is 2.99. The first-order valence-corrected chi connectivity index (χ1v) is 9.54. The molecule has 0 amide bonds. The van der Waals surface area contributed by atoms with Crippen LogP contribution in [-0.2, 0) is 10.0 Å². The van der Waals surface area contributed by atoms with Crippen LogP contribution in [0.4, 0.5) is 0 Å². The van der Waals surface area contributed by atoms with Gasteiger partial charge < -0.3 is 4.74 Å². The van der Waals surface area contributed by atoms with E-state index in [4.69, 9.17) is 4.74 Å². The van der Waals surface area contributed by atoms with Gasteiger partial charge in [0.15, 0.2) is 0 Å². The maximum absolute atomic E-state index is 12.7. The standard InChI is InChI=1S/C16H17BrN2O3S/c1-12-4-6-14(7-5-12)23(20,21)19-10-8-13(11-19)22-16-15(17)3-2-9-18-16/h2-7,9,13H,8,10-11H2,1H3. The molecule has 0 N–H and O–H groups in total. The molecule has 1 unspecified atom stereocenters. The lowest BCUT2D eigenvalue weighted by molar-refractivity contribution is 0.205. The van der Waals surface area contributed by atoms with Gasteiger partial charge in [-0.2, -0.15) is 4.31 Å². The fourth-order valence-electron chi connectivity index (χ4n) is 2.49. The summed E-state index contributed by atoms with van der Waals surface area (Å²) in [5.41, 5.74) is 1.03. The van der Waals surface area contributed by atoms with Crippen molar-refractivity contribution >= 4 is 26.0 Å². The molecule has 1 aromatic carbocycles. The van der Waals surface area contributed by atoms with Gasteiger partial charge in [0.2, 0.25) is 15.9 Å². The summed E-state index contributed by atoms with van der Waals surface area (Å²) in [7, 11) is -3.47. The van der Waals surface area contributed by atoms with Crippen molar-refractivity contribution in [1.82, 2.24) is 9.29 Å². The number of benzene rings is 1. The van der Waals surface area contributed by atoms with Crippen LogP contribution in [0, 0.1) is 6.92 Å². The van der Waals surface area contributed by atoms with E-state index in [-0.39, 0.29) is 6.10 Å². The van der Waals surface area contributed by atoms with Crippen LogP contribution >= 0.6 is 15.9 Å². The molecule has 0 aliphatic carbocycles. The Morgan fingerprint density at radius 2 is 2.00 bits per heavy atom. The van der Waals surface area contributed by atoms with Gasteiger partial charge in [0.1, 0.15) is 6.10 Å². The summed E-state index contributed by atoms with van der Waals surface area (Å²) in [6.45, 7) is 2.71. The van der Waals surface area contributed by atoms with Gasteiger partial charge in [-0.15, -0.1) is 0 Å². The molecule has 1 aliphatic rings.